The van der Waals surface area contributed by atoms with Crippen molar-refractivity contribution in [2.45, 2.75) is 54.2 Å². The molecule has 9 nitrogen and oxygen atoms in total. The largest absolute Gasteiger partial charge is 0.493 e. The molecular weight excluding hydrogens is 448 g/mol. The van der Waals surface area contributed by atoms with Gasteiger partial charge in [0.15, 0.2) is 17.2 Å². The number of rotatable bonds is 9. The molecule has 0 aliphatic carbocycles. The van der Waals surface area contributed by atoms with Crippen molar-refractivity contribution >= 4 is 29.0 Å². The third kappa shape index (κ3) is 6.10. The van der Waals surface area contributed by atoms with Gasteiger partial charge in [0.2, 0.25) is 0 Å². The summed E-state index contributed by atoms with van der Waals surface area (Å²) in [5.41, 5.74) is 5.03. The van der Waals surface area contributed by atoms with E-state index in [1.165, 1.54) is 28.7 Å². The molecule has 0 aliphatic rings. The molecule has 2 aromatic rings. The average molecular weight is 481 g/mol. The van der Waals surface area contributed by atoms with Gasteiger partial charge in [0, 0.05) is 18.7 Å². The first kappa shape index (κ1) is 26.3. The van der Waals surface area contributed by atoms with Crippen LogP contribution in [0.1, 0.15) is 51.9 Å². The van der Waals surface area contributed by atoms with Gasteiger partial charge < -0.3 is 20.1 Å². The van der Waals surface area contributed by atoms with E-state index in [1.807, 2.05) is 41.5 Å². The SMILES string of the molecule is COc1cc(C(=O)N(CC(C)C)c2c(N)n(CC(C)C)c(=O)[nH]c2=O)cc(Cl)c1OC(C)C. The molecule has 1 aromatic carbocycles. The number of nitrogens with two attached hydrogens (primary N) is 1. The van der Waals surface area contributed by atoms with Gasteiger partial charge in [-0.3, -0.25) is 19.1 Å². The molecule has 0 unspecified atom stereocenters. The second-order valence-corrected chi connectivity index (χ2v) is 9.37. The number of nitrogens with one attached hydrogen (secondary N) is 1. The number of hydrogen-bond donors (Lipinski definition) is 2. The predicted molar refractivity (Wildman–Crippen MR) is 131 cm³/mol. The summed E-state index contributed by atoms with van der Waals surface area (Å²) in [5.74, 6) is 0.129. The molecule has 182 valence electrons. The molecule has 1 aromatic heterocycles. The minimum absolute atomic E-state index is 0.000795. The Morgan fingerprint density at radius 1 is 1.15 bits per heavy atom. The van der Waals surface area contributed by atoms with Crippen LogP contribution in [0, 0.1) is 11.8 Å². The van der Waals surface area contributed by atoms with E-state index in [9.17, 15) is 14.4 Å². The molecule has 0 radical (unpaired) electrons. The second kappa shape index (κ2) is 10.8. The number of nitrogens with zero attached hydrogens (tertiary/aromatic N) is 2. The fourth-order valence-corrected chi connectivity index (χ4v) is 3.63. The number of H-pyrrole nitrogens is 1. The van der Waals surface area contributed by atoms with Gasteiger partial charge in [0.25, 0.3) is 11.5 Å². The molecule has 10 heteroatoms. The quantitative estimate of drug-likeness (QED) is 0.566. The van der Waals surface area contributed by atoms with E-state index in [0.29, 0.717) is 12.3 Å². The Kier molecular flexibility index (Phi) is 8.60. The minimum Gasteiger partial charge on any atom is -0.493 e. The van der Waals surface area contributed by atoms with Crippen LogP contribution in [0.15, 0.2) is 21.7 Å². The Bertz CT molecular complexity index is 1120. The highest BCUT2D eigenvalue weighted by molar-refractivity contribution is 6.33. The maximum atomic E-state index is 13.6. The predicted octanol–water partition coefficient (Wildman–Crippen LogP) is 3.53. The molecule has 0 atom stereocenters. The lowest BCUT2D eigenvalue weighted by Gasteiger charge is -2.27. The zero-order valence-electron chi connectivity index (χ0n) is 20.2. The van der Waals surface area contributed by atoms with E-state index >= 15 is 0 Å². The van der Waals surface area contributed by atoms with E-state index in [2.05, 4.69) is 4.98 Å². The number of ether oxygens (including phenoxy) is 2. The van der Waals surface area contributed by atoms with Crippen LogP contribution in [0.4, 0.5) is 11.5 Å². The number of carbonyl (C=O) groups is 1. The van der Waals surface area contributed by atoms with Crippen molar-refractivity contribution in [3.63, 3.8) is 0 Å². The number of anilines is 2. The number of amides is 1. The summed E-state index contributed by atoms with van der Waals surface area (Å²) in [6, 6.07) is 2.97. The molecule has 0 saturated heterocycles. The molecule has 0 aliphatic heterocycles. The highest BCUT2D eigenvalue weighted by atomic mass is 35.5. The van der Waals surface area contributed by atoms with Crippen LogP contribution in [0.5, 0.6) is 11.5 Å². The number of hydrogen-bond acceptors (Lipinski definition) is 6. The molecular formula is C23H33ClN4O5. The molecule has 1 amide bonds. The van der Waals surface area contributed by atoms with Crippen LogP contribution < -0.4 is 31.4 Å². The first-order chi connectivity index (χ1) is 15.4. The van der Waals surface area contributed by atoms with Gasteiger partial charge in [-0.15, -0.1) is 0 Å². The monoisotopic (exact) mass is 480 g/mol. The Morgan fingerprint density at radius 3 is 2.30 bits per heavy atom. The van der Waals surface area contributed by atoms with Crippen molar-refractivity contribution in [1.82, 2.24) is 9.55 Å². The lowest BCUT2D eigenvalue weighted by atomic mass is 10.1. The number of methoxy groups -OCH3 is 1. The van der Waals surface area contributed by atoms with Crippen LogP contribution in [0.25, 0.3) is 0 Å². The van der Waals surface area contributed by atoms with E-state index in [1.54, 1.807) is 0 Å². The van der Waals surface area contributed by atoms with Crippen LogP contribution in [0.2, 0.25) is 5.02 Å². The Labute approximate surface area is 198 Å². The number of halogens is 1. The summed E-state index contributed by atoms with van der Waals surface area (Å²) in [4.78, 5) is 42.4. The van der Waals surface area contributed by atoms with E-state index in [4.69, 9.17) is 26.8 Å². The Hall–Kier alpha value is -2.94. The molecule has 0 bridgehead atoms. The van der Waals surface area contributed by atoms with Crippen molar-refractivity contribution < 1.29 is 14.3 Å². The normalized spacial score (nSPS) is 11.4. The first-order valence-corrected chi connectivity index (χ1v) is 11.2. The summed E-state index contributed by atoms with van der Waals surface area (Å²) >= 11 is 6.41. The zero-order chi connectivity index (χ0) is 25.0. The maximum absolute atomic E-state index is 13.6. The molecule has 33 heavy (non-hydrogen) atoms. The topological polar surface area (TPSA) is 120 Å². The van der Waals surface area contributed by atoms with Crippen LogP contribution >= 0.6 is 11.6 Å². The smallest absolute Gasteiger partial charge is 0.330 e. The maximum Gasteiger partial charge on any atom is 0.330 e. The van der Waals surface area contributed by atoms with Crippen molar-refractivity contribution in [3.05, 3.63) is 43.6 Å². The molecule has 1 heterocycles. The van der Waals surface area contributed by atoms with Crippen LogP contribution in [-0.4, -0.2) is 35.2 Å². The van der Waals surface area contributed by atoms with E-state index < -0.39 is 17.2 Å². The van der Waals surface area contributed by atoms with E-state index in [-0.39, 0.29) is 52.3 Å². The number of aromatic amines is 1. The zero-order valence-corrected chi connectivity index (χ0v) is 20.9. The second-order valence-electron chi connectivity index (χ2n) is 8.96. The van der Waals surface area contributed by atoms with Crippen molar-refractivity contribution in [1.29, 1.82) is 0 Å². The third-order valence-electron chi connectivity index (χ3n) is 4.65. The summed E-state index contributed by atoms with van der Waals surface area (Å²) in [6.45, 7) is 11.8. The molecule has 0 fully saturated rings. The average Bonchev–Trinajstić information content (AvgIpc) is 2.70. The van der Waals surface area contributed by atoms with Gasteiger partial charge in [-0.25, -0.2) is 4.79 Å². The fraction of sp³-hybridized carbons (Fsp3) is 0.522. The van der Waals surface area contributed by atoms with Gasteiger partial charge in [0.05, 0.1) is 18.2 Å². The third-order valence-corrected chi connectivity index (χ3v) is 4.94. The van der Waals surface area contributed by atoms with Gasteiger partial charge in [-0.1, -0.05) is 39.3 Å². The number of aromatic nitrogens is 2. The molecule has 0 saturated carbocycles. The standard InChI is InChI=1S/C23H33ClN4O5/c1-12(2)10-27(18-20(25)28(11-13(3)4)23(31)26-21(18)29)22(30)15-8-16(24)19(33-14(5)6)17(9-15)32-7/h8-9,12-14H,10-11,25H2,1-7H3,(H,26,29,31). The first-order valence-electron chi connectivity index (χ1n) is 10.9. The fourth-order valence-electron chi connectivity index (χ4n) is 3.37. The number of benzene rings is 1. The number of carbonyl (C=O) groups excluding carboxylic acids is 1. The van der Waals surface area contributed by atoms with Gasteiger partial charge in [-0.05, 0) is 37.8 Å². The van der Waals surface area contributed by atoms with Gasteiger partial charge in [0.1, 0.15) is 5.82 Å². The molecule has 0 spiro atoms. The highest BCUT2D eigenvalue weighted by Gasteiger charge is 2.28. The molecule has 2 rings (SSSR count). The lowest BCUT2D eigenvalue weighted by Crippen LogP contribution is -2.43. The van der Waals surface area contributed by atoms with Crippen molar-refractivity contribution in [2.75, 3.05) is 24.3 Å². The summed E-state index contributed by atoms with van der Waals surface area (Å²) < 4.78 is 12.4. The Balaban J connectivity index is 2.68. The highest BCUT2D eigenvalue weighted by Crippen LogP contribution is 2.38. The van der Waals surface area contributed by atoms with Crippen molar-refractivity contribution in [2.24, 2.45) is 11.8 Å². The number of nitrogen functional groups attached to an aromatic ring is 1. The van der Waals surface area contributed by atoms with Gasteiger partial charge >= 0.3 is 5.69 Å². The summed E-state index contributed by atoms with van der Waals surface area (Å²) in [5, 5.41) is 0.197. The van der Waals surface area contributed by atoms with E-state index in [0.717, 1.165) is 0 Å². The lowest BCUT2D eigenvalue weighted by molar-refractivity contribution is 0.0983. The summed E-state index contributed by atoms with van der Waals surface area (Å²) in [6.07, 6.45) is -0.157. The molecule has 3 N–H and O–H groups in total. The summed E-state index contributed by atoms with van der Waals surface area (Å²) in [7, 11) is 1.45. The van der Waals surface area contributed by atoms with Gasteiger partial charge in [-0.2, -0.15) is 0 Å². The minimum atomic E-state index is -0.732. The van der Waals surface area contributed by atoms with Crippen LogP contribution in [0.3, 0.4) is 0 Å². The Morgan fingerprint density at radius 2 is 1.79 bits per heavy atom. The van der Waals surface area contributed by atoms with Crippen molar-refractivity contribution in [3.8, 4) is 11.5 Å². The van der Waals surface area contributed by atoms with Crippen LogP contribution in [-0.2, 0) is 6.54 Å².